The summed E-state index contributed by atoms with van der Waals surface area (Å²) in [5.41, 5.74) is 1.06. The van der Waals surface area contributed by atoms with E-state index >= 15 is 0 Å². The molecule has 0 spiro atoms. The fourth-order valence-electron chi connectivity index (χ4n) is 1.74. The number of benzene rings is 1. The van der Waals surface area contributed by atoms with E-state index in [9.17, 15) is 4.39 Å². The third-order valence-corrected chi connectivity index (χ3v) is 3.81. The van der Waals surface area contributed by atoms with E-state index in [0.29, 0.717) is 0 Å². The highest BCUT2D eigenvalue weighted by Crippen LogP contribution is 2.28. The molecule has 0 aromatic heterocycles. The first kappa shape index (κ1) is 15.5. The lowest BCUT2D eigenvalue weighted by molar-refractivity contribution is 0.437. The van der Waals surface area contributed by atoms with Crippen LogP contribution in [0.2, 0.25) is 0 Å². The Morgan fingerprint density at radius 1 is 1.39 bits per heavy atom. The first-order valence-corrected chi connectivity index (χ1v) is 7.33. The van der Waals surface area contributed by atoms with Gasteiger partial charge in [0.2, 0.25) is 0 Å². The Labute approximate surface area is 114 Å². The minimum Gasteiger partial charge on any atom is -0.310 e. The number of nitrogens with one attached hydrogen (secondary N) is 1. The molecular weight excluding hydrogens is 247 g/mol. The van der Waals surface area contributed by atoms with Gasteiger partial charge in [0.1, 0.15) is 5.82 Å². The molecule has 1 unspecified atom stereocenters. The smallest absolute Gasteiger partial charge is 0.123 e. The molecule has 0 bridgehead atoms. The van der Waals surface area contributed by atoms with E-state index < -0.39 is 0 Å². The first-order chi connectivity index (χ1) is 8.54. The van der Waals surface area contributed by atoms with Gasteiger partial charge in [-0.1, -0.05) is 6.92 Å². The lowest BCUT2D eigenvalue weighted by Gasteiger charge is -2.17. The normalized spacial score (nSPS) is 13.0. The van der Waals surface area contributed by atoms with E-state index in [1.165, 1.54) is 4.90 Å². The van der Waals surface area contributed by atoms with Crippen LogP contribution in [0, 0.1) is 5.82 Å². The SMILES string of the molecule is CCNC(C)c1cc(F)ccc1SCCN(C)C. The van der Waals surface area contributed by atoms with Crippen molar-refractivity contribution in [3.63, 3.8) is 0 Å². The molecule has 0 fully saturated rings. The number of thioether (sulfide) groups is 1. The zero-order chi connectivity index (χ0) is 13.5. The van der Waals surface area contributed by atoms with Crippen LogP contribution in [-0.4, -0.2) is 37.8 Å². The molecule has 0 heterocycles. The van der Waals surface area contributed by atoms with E-state index in [1.807, 2.05) is 6.07 Å². The topological polar surface area (TPSA) is 15.3 Å². The van der Waals surface area contributed by atoms with E-state index in [-0.39, 0.29) is 11.9 Å². The number of halogens is 1. The zero-order valence-electron chi connectivity index (χ0n) is 11.7. The van der Waals surface area contributed by atoms with Crippen LogP contribution >= 0.6 is 11.8 Å². The Hall–Kier alpha value is -0.580. The number of nitrogens with zero attached hydrogens (tertiary/aromatic N) is 1. The summed E-state index contributed by atoms with van der Waals surface area (Å²) in [5.74, 6) is 0.858. The number of rotatable bonds is 7. The molecule has 18 heavy (non-hydrogen) atoms. The van der Waals surface area contributed by atoms with Gasteiger partial charge in [-0.05, 0) is 51.3 Å². The molecule has 0 saturated carbocycles. The summed E-state index contributed by atoms with van der Waals surface area (Å²) < 4.78 is 13.4. The average molecular weight is 270 g/mol. The van der Waals surface area contributed by atoms with Gasteiger partial charge >= 0.3 is 0 Å². The average Bonchev–Trinajstić information content (AvgIpc) is 2.31. The van der Waals surface area contributed by atoms with Crippen molar-refractivity contribution in [2.24, 2.45) is 0 Å². The second-order valence-corrected chi connectivity index (χ2v) is 5.75. The van der Waals surface area contributed by atoms with E-state index in [0.717, 1.165) is 24.4 Å². The third kappa shape index (κ3) is 4.96. The number of hydrogen-bond acceptors (Lipinski definition) is 3. The Balaban J connectivity index is 2.76. The van der Waals surface area contributed by atoms with Crippen LogP contribution < -0.4 is 5.32 Å². The van der Waals surface area contributed by atoms with Crippen molar-refractivity contribution in [1.82, 2.24) is 10.2 Å². The Morgan fingerprint density at radius 3 is 2.72 bits per heavy atom. The molecule has 0 radical (unpaired) electrons. The highest BCUT2D eigenvalue weighted by molar-refractivity contribution is 7.99. The largest absolute Gasteiger partial charge is 0.310 e. The second kappa shape index (κ2) is 7.77. The Bertz CT molecular complexity index is 369. The van der Waals surface area contributed by atoms with Gasteiger partial charge in [-0.15, -0.1) is 11.8 Å². The molecule has 0 aliphatic carbocycles. The molecule has 0 saturated heterocycles. The molecule has 2 nitrogen and oxygen atoms in total. The summed E-state index contributed by atoms with van der Waals surface area (Å²) in [6, 6.07) is 5.26. The molecular formula is C14H23FN2S. The minimum absolute atomic E-state index is 0.160. The predicted octanol–water partition coefficient (Wildman–Crippen LogP) is 3.15. The summed E-state index contributed by atoms with van der Waals surface area (Å²) in [4.78, 5) is 3.33. The van der Waals surface area contributed by atoms with Crippen molar-refractivity contribution in [2.75, 3.05) is 32.9 Å². The summed E-state index contributed by atoms with van der Waals surface area (Å²) >= 11 is 1.79. The fourth-order valence-corrected chi connectivity index (χ4v) is 2.99. The molecule has 1 atom stereocenters. The van der Waals surface area contributed by atoms with Crippen molar-refractivity contribution in [2.45, 2.75) is 24.8 Å². The van der Waals surface area contributed by atoms with Gasteiger partial charge in [0.05, 0.1) is 0 Å². The maximum Gasteiger partial charge on any atom is 0.123 e. The maximum atomic E-state index is 13.4. The molecule has 0 aliphatic rings. The van der Waals surface area contributed by atoms with Crippen LogP contribution in [0.15, 0.2) is 23.1 Å². The van der Waals surface area contributed by atoms with Crippen LogP contribution in [0.5, 0.6) is 0 Å². The molecule has 102 valence electrons. The van der Waals surface area contributed by atoms with Crippen molar-refractivity contribution in [3.8, 4) is 0 Å². The van der Waals surface area contributed by atoms with Crippen LogP contribution in [0.3, 0.4) is 0 Å². The van der Waals surface area contributed by atoms with Gasteiger partial charge in [0, 0.05) is 23.2 Å². The number of hydrogen-bond donors (Lipinski definition) is 1. The standard InChI is InChI=1S/C14H23FN2S/c1-5-16-11(2)13-10-12(15)6-7-14(13)18-9-8-17(3)4/h6-7,10-11,16H,5,8-9H2,1-4H3. The first-order valence-electron chi connectivity index (χ1n) is 6.35. The quantitative estimate of drug-likeness (QED) is 0.766. The second-order valence-electron chi connectivity index (χ2n) is 4.61. The van der Waals surface area contributed by atoms with Gasteiger partial charge in [0.15, 0.2) is 0 Å². The van der Waals surface area contributed by atoms with E-state index in [2.05, 4.69) is 38.2 Å². The van der Waals surface area contributed by atoms with Crippen molar-refractivity contribution < 1.29 is 4.39 Å². The van der Waals surface area contributed by atoms with Crippen molar-refractivity contribution in [1.29, 1.82) is 0 Å². The summed E-state index contributed by atoms with van der Waals surface area (Å²) in [6.07, 6.45) is 0. The van der Waals surface area contributed by atoms with Crippen molar-refractivity contribution in [3.05, 3.63) is 29.6 Å². The summed E-state index contributed by atoms with van der Waals surface area (Å²) in [6.45, 7) is 6.06. The van der Waals surface area contributed by atoms with Crippen LogP contribution in [0.4, 0.5) is 4.39 Å². The molecule has 4 heteroatoms. The lowest BCUT2D eigenvalue weighted by Crippen LogP contribution is -2.19. The summed E-state index contributed by atoms with van der Waals surface area (Å²) in [5, 5.41) is 3.34. The third-order valence-electron chi connectivity index (χ3n) is 2.74. The predicted molar refractivity (Wildman–Crippen MR) is 77.8 cm³/mol. The Kier molecular flexibility index (Phi) is 6.68. The van der Waals surface area contributed by atoms with Gasteiger partial charge in [0.25, 0.3) is 0 Å². The highest BCUT2D eigenvalue weighted by atomic mass is 32.2. The molecule has 1 N–H and O–H groups in total. The van der Waals surface area contributed by atoms with Gasteiger partial charge < -0.3 is 10.2 Å². The lowest BCUT2D eigenvalue weighted by atomic mass is 10.1. The zero-order valence-corrected chi connectivity index (χ0v) is 12.5. The minimum atomic E-state index is -0.160. The summed E-state index contributed by atoms with van der Waals surface area (Å²) in [7, 11) is 4.13. The van der Waals surface area contributed by atoms with Gasteiger partial charge in [-0.25, -0.2) is 4.39 Å². The van der Waals surface area contributed by atoms with E-state index in [1.54, 1.807) is 23.9 Å². The maximum absolute atomic E-state index is 13.4. The van der Waals surface area contributed by atoms with Crippen LogP contribution in [0.1, 0.15) is 25.5 Å². The van der Waals surface area contributed by atoms with Crippen LogP contribution in [0.25, 0.3) is 0 Å². The van der Waals surface area contributed by atoms with Gasteiger partial charge in [-0.2, -0.15) is 0 Å². The Morgan fingerprint density at radius 2 is 2.11 bits per heavy atom. The van der Waals surface area contributed by atoms with Crippen LogP contribution in [-0.2, 0) is 0 Å². The van der Waals surface area contributed by atoms with E-state index in [4.69, 9.17) is 0 Å². The highest BCUT2D eigenvalue weighted by Gasteiger charge is 2.11. The molecule has 1 aromatic carbocycles. The fraction of sp³-hybridized carbons (Fsp3) is 0.571. The molecule has 1 rings (SSSR count). The van der Waals surface area contributed by atoms with Crippen molar-refractivity contribution >= 4 is 11.8 Å². The molecule has 1 aromatic rings. The molecule has 0 aliphatic heterocycles. The molecule has 0 amide bonds. The monoisotopic (exact) mass is 270 g/mol. The van der Waals surface area contributed by atoms with Gasteiger partial charge in [-0.3, -0.25) is 0 Å².